The minimum Gasteiger partial charge on any atom is -0.452 e. The van der Waals surface area contributed by atoms with Gasteiger partial charge in [-0.25, -0.2) is 13.2 Å². The lowest BCUT2D eigenvalue weighted by atomic mass is 10.2. The number of esters is 1. The molecular weight excluding hydrogens is 350 g/mol. The van der Waals surface area contributed by atoms with E-state index in [1.165, 1.54) is 22.5 Å². The number of benzene rings is 1. The number of hydrogen-bond donors (Lipinski definition) is 3. The van der Waals surface area contributed by atoms with Gasteiger partial charge in [0.25, 0.3) is 5.91 Å². The van der Waals surface area contributed by atoms with Crippen LogP contribution in [-0.4, -0.2) is 62.6 Å². The number of hydrogen-bond acceptors (Lipinski definition) is 7. The second-order valence-electron chi connectivity index (χ2n) is 4.99. The van der Waals surface area contributed by atoms with E-state index in [1.54, 1.807) is 13.8 Å². The fourth-order valence-corrected chi connectivity index (χ4v) is 3.61. The van der Waals surface area contributed by atoms with Crippen molar-refractivity contribution in [1.82, 2.24) is 4.31 Å². The predicted octanol–water partition coefficient (Wildman–Crippen LogP) is -0.237. The summed E-state index contributed by atoms with van der Waals surface area (Å²) in [5, 5.41) is 11.7. The summed E-state index contributed by atoms with van der Waals surface area (Å²) in [6.45, 7) is 3.33. The zero-order valence-electron chi connectivity index (χ0n) is 14.2. The maximum absolute atomic E-state index is 12.6. The maximum Gasteiger partial charge on any atom is 0.340 e. The first kappa shape index (κ1) is 20.9. The van der Waals surface area contributed by atoms with Gasteiger partial charge < -0.3 is 20.9 Å². The van der Waals surface area contributed by atoms with E-state index in [-0.39, 0.29) is 42.4 Å². The Labute approximate surface area is 146 Å². The summed E-state index contributed by atoms with van der Waals surface area (Å²) in [5.41, 5.74) is 5.16. The lowest BCUT2D eigenvalue weighted by Gasteiger charge is -2.19. The number of sulfonamides is 1. The van der Waals surface area contributed by atoms with Gasteiger partial charge in [-0.15, -0.1) is 0 Å². The van der Waals surface area contributed by atoms with Crippen molar-refractivity contribution >= 4 is 27.6 Å². The number of carbonyl (C=O) groups excluding carboxylic acids is 2. The molecule has 0 fully saturated rings. The van der Waals surface area contributed by atoms with E-state index in [0.29, 0.717) is 0 Å². The van der Waals surface area contributed by atoms with E-state index in [1.807, 2.05) is 0 Å². The third kappa shape index (κ3) is 5.41. The highest BCUT2D eigenvalue weighted by Gasteiger charge is 2.24. The summed E-state index contributed by atoms with van der Waals surface area (Å²) in [6.07, 6.45) is 0. The van der Waals surface area contributed by atoms with Crippen molar-refractivity contribution in [3.8, 4) is 0 Å². The Morgan fingerprint density at radius 1 is 1.28 bits per heavy atom. The molecule has 1 amide bonds. The quantitative estimate of drug-likeness (QED) is 0.481. The number of nitrogens with one attached hydrogen (secondary N) is 1. The molecule has 0 unspecified atom stereocenters. The number of carbonyl (C=O) groups is 2. The molecule has 25 heavy (non-hydrogen) atoms. The largest absolute Gasteiger partial charge is 0.452 e. The Balaban J connectivity index is 3.29. The zero-order chi connectivity index (χ0) is 19.0. The summed E-state index contributed by atoms with van der Waals surface area (Å²) >= 11 is 0. The Hall–Kier alpha value is -2.17. The normalized spacial score (nSPS) is 11.4. The van der Waals surface area contributed by atoms with Crippen LogP contribution < -0.4 is 11.1 Å². The van der Waals surface area contributed by atoms with Crippen LogP contribution in [0.15, 0.2) is 23.1 Å². The predicted molar refractivity (Wildman–Crippen MR) is 91.6 cm³/mol. The standard InChI is InChI=1S/C15H23N3O6S/c1-3-18(4-2)25(22,23)11-5-6-13(17-7-8-19)12(9-11)15(21)24-10-14(16)20/h5-6,9,17,19H,3-4,7-8,10H2,1-2H3,(H2,16,20). The highest BCUT2D eigenvalue weighted by Crippen LogP contribution is 2.24. The van der Waals surface area contributed by atoms with Crippen LogP contribution in [-0.2, 0) is 19.6 Å². The second-order valence-corrected chi connectivity index (χ2v) is 6.93. The van der Waals surface area contributed by atoms with Crippen LogP contribution in [0.25, 0.3) is 0 Å². The topological polar surface area (TPSA) is 139 Å². The molecule has 0 aliphatic heterocycles. The zero-order valence-corrected chi connectivity index (χ0v) is 15.0. The highest BCUT2D eigenvalue weighted by atomic mass is 32.2. The van der Waals surface area contributed by atoms with Crippen molar-refractivity contribution in [3.05, 3.63) is 23.8 Å². The van der Waals surface area contributed by atoms with Crippen molar-refractivity contribution < 1.29 is 27.9 Å². The number of primary amides is 1. The SMILES string of the molecule is CCN(CC)S(=O)(=O)c1ccc(NCCO)c(C(=O)OCC(N)=O)c1. The third-order valence-electron chi connectivity index (χ3n) is 3.33. The molecule has 1 aromatic rings. The number of aliphatic hydroxyl groups is 1. The van der Waals surface area contributed by atoms with Crippen molar-refractivity contribution in [2.75, 3.05) is 38.2 Å². The minimum atomic E-state index is -3.77. The first-order chi connectivity index (χ1) is 11.8. The van der Waals surface area contributed by atoms with E-state index >= 15 is 0 Å². The number of nitrogens with zero attached hydrogens (tertiary/aromatic N) is 1. The van der Waals surface area contributed by atoms with Gasteiger partial charge in [-0.2, -0.15) is 4.31 Å². The molecule has 4 N–H and O–H groups in total. The van der Waals surface area contributed by atoms with E-state index in [0.717, 1.165) is 0 Å². The average molecular weight is 373 g/mol. The number of amides is 1. The van der Waals surface area contributed by atoms with Crippen LogP contribution >= 0.6 is 0 Å². The highest BCUT2D eigenvalue weighted by molar-refractivity contribution is 7.89. The van der Waals surface area contributed by atoms with Gasteiger partial charge in [0.05, 0.1) is 17.1 Å². The number of ether oxygens (including phenoxy) is 1. The summed E-state index contributed by atoms with van der Waals surface area (Å²) in [7, 11) is -3.77. The Morgan fingerprint density at radius 2 is 1.92 bits per heavy atom. The number of aliphatic hydroxyl groups excluding tert-OH is 1. The van der Waals surface area contributed by atoms with Gasteiger partial charge in [0, 0.05) is 25.3 Å². The number of anilines is 1. The Morgan fingerprint density at radius 3 is 2.44 bits per heavy atom. The molecule has 0 aromatic heterocycles. The first-order valence-corrected chi connectivity index (χ1v) is 9.16. The summed E-state index contributed by atoms with van der Waals surface area (Å²) < 4.78 is 31.2. The van der Waals surface area contributed by atoms with Gasteiger partial charge in [0.15, 0.2) is 6.61 Å². The first-order valence-electron chi connectivity index (χ1n) is 7.72. The van der Waals surface area contributed by atoms with Crippen molar-refractivity contribution in [2.24, 2.45) is 5.73 Å². The summed E-state index contributed by atoms with van der Waals surface area (Å²) in [5.74, 6) is -1.72. The van der Waals surface area contributed by atoms with Crippen LogP contribution in [0.2, 0.25) is 0 Å². The number of rotatable bonds is 10. The van der Waals surface area contributed by atoms with Crippen LogP contribution in [0.5, 0.6) is 0 Å². The van der Waals surface area contributed by atoms with Gasteiger partial charge in [-0.3, -0.25) is 4.79 Å². The molecule has 0 heterocycles. The maximum atomic E-state index is 12.6. The smallest absolute Gasteiger partial charge is 0.340 e. The van der Waals surface area contributed by atoms with Crippen molar-refractivity contribution in [3.63, 3.8) is 0 Å². The van der Waals surface area contributed by atoms with E-state index in [2.05, 4.69) is 5.32 Å². The summed E-state index contributed by atoms with van der Waals surface area (Å²) in [4.78, 5) is 22.9. The fraction of sp³-hybridized carbons (Fsp3) is 0.467. The Bertz CT molecular complexity index is 716. The van der Waals surface area contributed by atoms with Gasteiger partial charge in [-0.1, -0.05) is 13.8 Å². The van der Waals surface area contributed by atoms with Gasteiger partial charge in [0.1, 0.15) is 0 Å². The van der Waals surface area contributed by atoms with E-state index in [9.17, 15) is 18.0 Å². The van der Waals surface area contributed by atoms with Crippen LogP contribution in [0.3, 0.4) is 0 Å². The van der Waals surface area contributed by atoms with Gasteiger partial charge >= 0.3 is 5.97 Å². The summed E-state index contributed by atoms with van der Waals surface area (Å²) in [6, 6.07) is 3.95. The minimum absolute atomic E-state index is 0.0667. The molecule has 10 heteroatoms. The van der Waals surface area contributed by atoms with Crippen LogP contribution in [0.1, 0.15) is 24.2 Å². The molecule has 9 nitrogen and oxygen atoms in total. The van der Waals surface area contributed by atoms with E-state index in [4.69, 9.17) is 15.6 Å². The molecule has 0 aliphatic carbocycles. The Kier molecular flexibility index (Phi) is 7.81. The molecule has 0 bridgehead atoms. The molecule has 1 aromatic carbocycles. The molecule has 0 saturated heterocycles. The van der Waals surface area contributed by atoms with Crippen molar-refractivity contribution in [2.45, 2.75) is 18.7 Å². The molecular formula is C15H23N3O6S. The average Bonchev–Trinajstić information content (AvgIpc) is 2.58. The molecule has 0 aliphatic rings. The third-order valence-corrected chi connectivity index (χ3v) is 5.37. The number of nitrogens with two attached hydrogens (primary N) is 1. The second kappa shape index (κ2) is 9.35. The van der Waals surface area contributed by atoms with Crippen LogP contribution in [0, 0.1) is 0 Å². The molecule has 140 valence electrons. The molecule has 0 radical (unpaired) electrons. The monoisotopic (exact) mass is 373 g/mol. The molecule has 1 rings (SSSR count). The molecule has 0 saturated carbocycles. The van der Waals surface area contributed by atoms with Gasteiger partial charge in [0.2, 0.25) is 10.0 Å². The van der Waals surface area contributed by atoms with Gasteiger partial charge in [-0.05, 0) is 18.2 Å². The van der Waals surface area contributed by atoms with E-state index < -0.39 is 28.5 Å². The molecule has 0 atom stereocenters. The van der Waals surface area contributed by atoms with Crippen molar-refractivity contribution in [1.29, 1.82) is 0 Å². The molecule has 0 spiro atoms. The lowest BCUT2D eigenvalue weighted by Crippen LogP contribution is -2.31. The fourth-order valence-electron chi connectivity index (χ4n) is 2.12. The van der Waals surface area contributed by atoms with Crippen LogP contribution in [0.4, 0.5) is 5.69 Å². The lowest BCUT2D eigenvalue weighted by molar-refractivity contribution is -0.121.